The second kappa shape index (κ2) is 5.10. The zero-order valence-corrected chi connectivity index (χ0v) is 12.6. The molecule has 0 aromatic carbocycles. The van der Waals surface area contributed by atoms with E-state index in [0.29, 0.717) is 5.92 Å². The summed E-state index contributed by atoms with van der Waals surface area (Å²) in [4.78, 5) is 0. The average molecular weight is 274 g/mol. The van der Waals surface area contributed by atoms with E-state index < -0.39 is 10.0 Å². The first-order chi connectivity index (χ1) is 8.29. The molecule has 18 heavy (non-hydrogen) atoms. The van der Waals surface area contributed by atoms with Gasteiger partial charge in [0.05, 0.1) is 5.25 Å². The van der Waals surface area contributed by atoms with Crippen LogP contribution in [0.1, 0.15) is 46.5 Å². The highest BCUT2D eigenvalue weighted by Gasteiger charge is 2.41. The molecule has 0 radical (unpaired) electrons. The predicted octanol–water partition coefficient (Wildman–Crippen LogP) is 1.58. The maximum absolute atomic E-state index is 12.1. The van der Waals surface area contributed by atoms with Gasteiger partial charge in [0.1, 0.15) is 0 Å². The molecule has 1 heterocycles. The lowest BCUT2D eigenvalue weighted by Crippen LogP contribution is -2.45. The molecule has 0 aromatic rings. The smallest absolute Gasteiger partial charge is 0.216 e. The Bertz CT molecular complexity index is 374. The summed E-state index contributed by atoms with van der Waals surface area (Å²) in [7, 11) is -2.94. The molecule has 1 saturated carbocycles. The van der Waals surface area contributed by atoms with E-state index in [1.54, 1.807) is 4.31 Å². The van der Waals surface area contributed by atoms with Crippen molar-refractivity contribution in [3.8, 4) is 0 Å². The fourth-order valence-corrected chi connectivity index (χ4v) is 4.27. The topological polar surface area (TPSA) is 49.4 Å². The molecular formula is C13H26N2O2S. The van der Waals surface area contributed by atoms with E-state index in [9.17, 15) is 8.42 Å². The molecule has 1 aliphatic carbocycles. The number of piperidine rings is 1. The van der Waals surface area contributed by atoms with Crippen LogP contribution in [0.4, 0.5) is 0 Å². The molecular weight excluding hydrogens is 248 g/mol. The molecule has 0 bridgehead atoms. The normalized spacial score (nSPS) is 24.4. The maximum Gasteiger partial charge on any atom is 0.216 e. The molecule has 4 nitrogen and oxygen atoms in total. The monoisotopic (exact) mass is 274 g/mol. The van der Waals surface area contributed by atoms with Gasteiger partial charge in [0.25, 0.3) is 0 Å². The van der Waals surface area contributed by atoms with E-state index in [4.69, 9.17) is 0 Å². The Kier molecular flexibility index (Phi) is 4.04. The van der Waals surface area contributed by atoms with Crippen LogP contribution < -0.4 is 5.32 Å². The van der Waals surface area contributed by atoms with Crippen LogP contribution in [0.25, 0.3) is 0 Å². The second-order valence-electron chi connectivity index (χ2n) is 6.72. The zero-order valence-electron chi connectivity index (χ0n) is 11.8. The first-order valence-corrected chi connectivity index (χ1v) is 8.53. The van der Waals surface area contributed by atoms with Crippen molar-refractivity contribution in [3.05, 3.63) is 0 Å². The Morgan fingerprint density at radius 2 is 1.67 bits per heavy atom. The third-order valence-electron chi connectivity index (χ3n) is 3.80. The highest BCUT2D eigenvalue weighted by Crippen LogP contribution is 2.33. The lowest BCUT2D eigenvalue weighted by atomic mass is 9.97. The van der Waals surface area contributed by atoms with Crippen LogP contribution in [0.15, 0.2) is 0 Å². The minimum atomic E-state index is -2.94. The third-order valence-corrected chi connectivity index (χ3v) is 6.20. The van der Waals surface area contributed by atoms with Crippen molar-refractivity contribution >= 4 is 10.0 Å². The van der Waals surface area contributed by atoms with Gasteiger partial charge < -0.3 is 5.32 Å². The highest BCUT2D eigenvalue weighted by atomic mass is 32.2. The Hall–Kier alpha value is -0.130. The molecule has 0 unspecified atom stereocenters. The van der Waals surface area contributed by atoms with Crippen LogP contribution in [0.3, 0.4) is 0 Å². The Morgan fingerprint density at radius 3 is 2.11 bits per heavy atom. The Morgan fingerprint density at radius 1 is 1.11 bits per heavy atom. The minimum absolute atomic E-state index is 0.0539. The van der Waals surface area contributed by atoms with E-state index in [0.717, 1.165) is 45.3 Å². The van der Waals surface area contributed by atoms with Gasteiger partial charge in [-0.3, -0.25) is 0 Å². The van der Waals surface area contributed by atoms with Crippen molar-refractivity contribution in [1.29, 1.82) is 0 Å². The van der Waals surface area contributed by atoms with Gasteiger partial charge in [-0.25, -0.2) is 12.7 Å². The lowest BCUT2D eigenvalue weighted by molar-refractivity contribution is 0.251. The van der Waals surface area contributed by atoms with Crippen LogP contribution >= 0.6 is 0 Å². The number of nitrogens with zero attached hydrogens (tertiary/aromatic N) is 1. The van der Waals surface area contributed by atoms with Gasteiger partial charge in [0.15, 0.2) is 0 Å². The first-order valence-electron chi connectivity index (χ1n) is 7.03. The molecule has 2 fully saturated rings. The fourth-order valence-electron chi connectivity index (χ4n) is 2.40. The van der Waals surface area contributed by atoms with Gasteiger partial charge in [0, 0.05) is 18.6 Å². The maximum atomic E-state index is 12.1. The quantitative estimate of drug-likeness (QED) is 0.847. The van der Waals surface area contributed by atoms with E-state index >= 15 is 0 Å². The molecule has 1 saturated heterocycles. The molecule has 0 aromatic heterocycles. The van der Waals surface area contributed by atoms with Crippen molar-refractivity contribution in [2.75, 3.05) is 19.6 Å². The van der Waals surface area contributed by atoms with Gasteiger partial charge in [-0.1, -0.05) is 0 Å². The van der Waals surface area contributed by atoms with E-state index in [-0.39, 0.29) is 10.8 Å². The summed E-state index contributed by atoms with van der Waals surface area (Å²) in [6, 6.07) is 0. The van der Waals surface area contributed by atoms with Gasteiger partial charge in [-0.15, -0.1) is 0 Å². The van der Waals surface area contributed by atoms with Gasteiger partial charge in [0.2, 0.25) is 10.0 Å². The minimum Gasteiger partial charge on any atom is -0.312 e. The lowest BCUT2D eigenvalue weighted by Gasteiger charge is -2.33. The van der Waals surface area contributed by atoms with Gasteiger partial charge in [-0.05, 0) is 58.9 Å². The van der Waals surface area contributed by atoms with Crippen molar-refractivity contribution in [2.45, 2.75) is 57.2 Å². The summed E-state index contributed by atoms with van der Waals surface area (Å²) in [5, 5.41) is 3.46. The number of rotatable bonds is 4. The second-order valence-corrected chi connectivity index (χ2v) is 8.93. The van der Waals surface area contributed by atoms with Crippen molar-refractivity contribution in [3.63, 3.8) is 0 Å². The van der Waals surface area contributed by atoms with E-state index in [2.05, 4.69) is 26.1 Å². The number of hydrogen-bond donors (Lipinski definition) is 1. The highest BCUT2D eigenvalue weighted by molar-refractivity contribution is 7.90. The molecule has 106 valence electrons. The molecule has 1 aliphatic heterocycles. The summed E-state index contributed by atoms with van der Waals surface area (Å²) < 4.78 is 25.9. The van der Waals surface area contributed by atoms with Crippen molar-refractivity contribution < 1.29 is 8.42 Å². The molecule has 2 aliphatic rings. The van der Waals surface area contributed by atoms with Gasteiger partial charge >= 0.3 is 0 Å². The van der Waals surface area contributed by atoms with E-state index in [1.165, 1.54) is 0 Å². The molecule has 1 N–H and O–H groups in total. The molecule has 5 heteroatoms. The van der Waals surface area contributed by atoms with Crippen LogP contribution in [0.2, 0.25) is 0 Å². The van der Waals surface area contributed by atoms with Crippen LogP contribution in [-0.4, -0.2) is 43.1 Å². The molecule has 2 rings (SSSR count). The zero-order chi connectivity index (χ0) is 13.4. The van der Waals surface area contributed by atoms with Crippen molar-refractivity contribution in [1.82, 2.24) is 9.62 Å². The van der Waals surface area contributed by atoms with Crippen molar-refractivity contribution in [2.24, 2.45) is 5.92 Å². The summed E-state index contributed by atoms with van der Waals surface area (Å²) >= 11 is 0. The molecule has 0 spiro atoms. The molecule has 0 atom stereocenters. The predicted molar refractivity (Wildman–Crippen MR) is 74.0 cm³/mol. The van der Waals surface area contributed by atoms with Crippen LogP contribution in [0, 0.1) is 5.92 Å². The summed E-state index contributed by atoms with van der Waals surface area (Å²) in [6.07, 6.45) is 3.73. The Labute approximate surface area is 111 Å². The fraction of sp³-hybridized carbons (Fsp3) is 1.00. The summed E-state index contributed by atoms with van der Waals surface area (Å²) in [5.74, 6) is 0.620. The standard InChI is InChI=1S/C13H26N2O2S/c1-13(2,3)14-10-11-6-8-15(9-7-11)18(16,17)12-4-5-12/h11-12,14H,4-10H2,1-3H3. The largest absolute Gasteiger partial charge is 0.312 e. The van der Waals surface area contributed by atoms with Gasteiger partial charge in [-0.2, -0.15) is 0 Å². The summed E-state index contributed by atoms with van der Waals surface area (Å²) in [6.45, 7) is 8.94. The average Bonchev–Trinajstić information content (AvgIpc) is 3.10. The third kappa shape index (κ3) is 3.68. The first kappa shape index (κ1) is 14.3. The summed E-state index contributed by atoms with van der Waals surface area (Å²) in [5.41, 5.74) is 0.150. The SMILES string of the molecule is CC(C)(C)NCC1CCN(S(=O)(=O)C2CC2)CC1. The van der Waals surface area contributed by atoms with E-state index in [1.807, 2.05) is 0 Å². The number of nitrogens with one attached hydrogen (secondary N) is 1. The number of hydrogen-bond acceptors (Lipinski definition) is 3. The molecule has 0 amide bonds. The Balaban J connectivity index is 1.78. The van der Waals surface area contributed by atoms with Crippen LogP contribution in [-0.2, 0) is 10.0 Å². The number of sulfonamides is 1. The van der Waals surface area contributed by atoms with Crippen LogP contribution in [0.5, 0.6) is 0 Å².